The molecule has 0 aliphatic heterocycles. The number of aromatic nitrogens is 3. The lowest BCUT2D eigenvalue weighted by Crippen LogP contribution is -2.56. The van der Waals surface area contributed by atoms with Gasteiger partial charge in [-0.25, -0.2) is 9.48 Å². The van der Waals surface area contributed by atoms with E-state index in [-0.39, 0.29) is 18.3 Å². The van der Waals surface area contributed by atoms with Gasteiger partial charge in [0, 0.05) is 13.2 Å². The molecular weight excluding hydrogens is 352 g/mol. The van der Waals surface area contributed by atoms with Crippen molar-refractivity contribution in [1.29, 1.82) is 0 Å². The van der Waals surface area contributed by atoms with Crippen molar-refractivity contribution in [3.05, 3.63) is 11.9 Å². The van der Waals surface area contributed by atoms with Crippen molar-refractivity contribution in [2.45, 2.75) is 71.2 Å². The number of amides is 1. The highest BCUT2D eigenvalue weighted by molar-refractivity contribution is 5.96. The lowest BCUT2D eigenvalue weighted by Gasteiger charge is -2.35. The summed E-state index contributed by atoms with van der Waals surface area (Å²) in [5.41, 5.74) is -0.829. The quantitative estimate of drug-likeness (QED) is 0.485. The van der Waals surface area contributed by atoms with E-state index >= 15 is 0 Å². The smallest absolute Gasteiger partial charge is 0.331 e. The van der Waals surface area contributed by atoms with Gasteiger partial charge in [-0.3, -0.25) is 4.79 Å². The second-order valence-electron chi connectivity index (χ2n) is 6.48. The first-order chi connectivity index (χ1) is 13.0. The maximum absolute atomic E-state index is 12.7. The van der Waals surface area contributed by atoms with Gasteiger partial charge in [0.25, 0.3) is 5.91 Å². The number of carbonyl (C=O) groups excluding carboxylic acids is 2. The van der Waals surface area contributed by atoms with Crippen LogP contribution >= 0.6 is 0 Å². The van der Waals surface area contributed by atoms with Gasteiger partial charge in [0.1, 0.15) is 5.54 Å². The van der Waals surface area contributed by atoms with Crippen LogP contribution < -0.4 is 5.32 Å². The van der Waals surface area contributed by atoms with Gasteiger partial charge in [-0.05, 0) is 33.6 Å². The van der Waals surface area contributed by atoms with Gasteiger partial charge in [0.05, 0.1) is 19.3 Å². The summed E-state index contributed by atoms with van der Waals surface area (Å²) >= 11 is 0. The Hall–Kier alpha value is -2.00. The van der Waals surface area contributed by atoms with Crippen molar-refractivity contribution in [2.75, 3.05) is 19.8 Å². The predicted octanol–water partition coefficient (Wildman–Crippen LogP) is 1.67. The van der Waals surface area contributed by atoms with Gasteiger partial charge < -0.3 is 19.5 Å². The molecule has 1 heterocycles. The van der Waals surface area contributed by atoms with E-state index < -0.39 is 17.7 Å². The average Bonchev–Trinajstić information content (AvgIpc) is 3.12. The molecule has 1 aliphatic rings. The molecule has 2 rings (SSSR count). The van der Waals surface area contributed by atoms with E-state index in [9.17, 15) is 9.59 Å². The minimum Gasteiger partial charge on any atom is -0.464 e. The van der Waals surface area contributed by atoms with E-state index in [1.54, 1.807) is 6.92 Å². The number of ether oxygens (including phenoxy) is 3. The number of rotatable bonds is 10. The molecule has 1 amide bonds. The van der Waals surface area contributed by atoms with Crippen molar-refractivity contribution in [2.24, 2.45) is 0 Å². The SMILES string of the molecule is CCOC(=O)C1(NC(=O)c2cn(CC(OCC)OCC)nn2)CCCCC1. The fourth-order valence-electron chi connectivity index (χ4n) is 3.26. The van der Waals surface area contributed by atoms with Crippen molar-refractivity contribution in [3.63, 3.8) is 0 Å². The molecule has 0 saturated heterocycles. The molecule has 1 aromatic heterocycles. The summed E-state index contributed by atoms with van der Waals surface area (Å²) in [5, 5.41) is 10.8. The van der Waals surface area contributed by atoms with Crippen molar-refractivity contribution in [3.8, 4) is 0 Å². The summed E-state index contributed by atoms with van der Waals surface area (Å²) in [7, 11) is 0. The van der Waals surface area contributed by atoms with Crippen LogP contribution in [0.4, 0.5) is 0 Å². The van der Waals surface area contributed by atoms with E-state index in [2.05, 4.69) is 15.6 Å². The zero-order valence-electron chi connectivity index (χ0n) is 16.4. The first kappa shape index (κ1) is 21.3. The Morgan fingerprint density at radius 3 is 2.41 bits per heavy atom. The molecule has 1 N–H and O–H groups in total. The zero-order chi connectivity index (χ0) is 19.7. The second kappa shape index (κ2) is 10.4. The van der Waals surface area contributed by atoms with E-state index in [4.69, 9.17) is 14.2 Å². The van der Waals surface area contributed by atoms with Gasteiger partial charge in [0.2, 0.25) is 0 Å². The van der Waals surface area contributed by atoms with Gasteiger partial charge in [-0.1, -0.05) is 24.5 Å². The molecule has 0 atom stereocenters. The standard InChI is InChI=1S/C18H30N4O5/c1-4-25-15(26-5-2)13-22-12-14(20-21-22)16(23)19-18(17(24)27-6-3)10-8-7-9-11-18/h12,15H,4-11,13H2,1-3H3,(H,19,23). The van der Waals surface area contributed by atoms with E-state index in [1.807, 2.05) is 13.8 Å². The van der Waals surface area contributed by atoms with Crippen LogP contribution in [0.3, 0.4) is 0 Å². The molecular formula is C18H30N4O5. The number of nitrogens with one attached hydrogen (secondary N) is 1. The third kappa shape index (κ3) is 5.74. The maximum Gasteiger partial charge on any atom is 0.331 e. The van der Waals surface area contributed by atoms with Gasteiger partial charge in [-0.15, -0.1) is 5.10 Å². The van der Waals surface area contributed by atoms with Crippen molar-refractivity contribution >= 4 is 11.9 Å². The molecule has 152 valence electrons. The molecule has 0 spiro atoms. The summed E-state index contributed by atoms with van der Waals surface area (Å²) < 4.78 is 17.7. The van der Waals surface area contributed by atoms with Crippen LogP contribution in [0.25, 0.3) is 0 Å². The first-order valence-corrected chi connectivity index (χ1v) is 9.67. The van der Waals surface area contributed by atoms with Gasteiger partial charge >= 0.3 is 5.97 Å². The molecule has 9 heteroatoms. The fraction of sp³-hybridized carbons (Fsp3) is 0.778. The number of carbonyl (C=O) groups is 2. The highest BCUT2D eigenvalue weighted by Crippen LogP contribution is 2.29. The Balaban J connectivity index is 2.05. The summed E-state index contributed by atoms with van der Waals surface area (Å²) in [6.07, 6.45) is 5.00. The number of hydrogen-bond donors (Lipinski definition) is 1. The van der Waals surface area contributed by atoms with Crippen LogP contribution in [0, 0.1) is 0 Å². The molecule has 27 heavy (non-hydrogen) atoms. The van der Waals surface area contributed by atoms with Gasteiger partial charge in [-0.2, -0.15) is 0 Å². The summed E-state index contributed by atoms with van der Waals surface area (Å²) in [4.78, 5) is 25.2. The highest BCUT2D eigenvalue weighted by atomic mass is 16.7. The lowest BCUT2D eigenvalue weighted by molar-refractivity contribution is -0.152. The number of hydrogen-bond acceptors (Lipinski definition) is 7. The molecule has 0 aromatic carbocycles. The van der Waals surface area contributed by atoms with Crippen LogP contribution in [0.5, 0.6) is 0 Å². The Kier molecular flexibility index (Phi) is 8.18. The normalized spacial score (nSPS) is 16.3. The Morgan fingerprint density at radius 1 is 1.15 bits per heavy atom. The van der Waals surface area contributed by atoms with E-state index in [0.717, 1.165) is 19.3 Å². The zero-order valence-corrected chi connectivity index (χ0v) is 16.4. The minimum atomic E-state index is -0.978. The van der Waals surface area contributed by atoms with Crippen LogP contribution in [0.1, 0.15) is 63.4 Å². The van der Waals surface area contributed by atoms with Crippen molar-refractivity contribution in [1.82, 2.24) is 20.3 Å². The number of nitrogens with zero attached hydrogens (tertiary/aromatic N) is 3. The second-order valence-corrected chi connectivity index (χ2v) is 6.48. The molecule has 1 fully saturated rings. The van der Waals surface area contributed by atoms with Crippen LogP contribution in [-0.2, 0) is 25.5 Å². The topological polar surface area (TPSA) is 105 Å². The summed E-state index contributed by atoms with van der Waals surface area (Å²) in [5.74, 6) is -0.807. The molecule has 9 nitrogen and oxygen atoms in total. The lowest BCUT2D eigenvalue weighted by atomic mass is 9.81. The van der Waals surface area contributed by atoms with Crippen LogP contribution in [0.2, 0.25) is 0 Å². The first-order valence-electron chi connectivity index (χ1n) is 9.67. The van der Waals surface area contributed by atoms with Crippen LogP contribution in [-0.4, -0.2) is 58.5 Å². The number of esters is 1. The Bertz CT molecular complexity index is 607. The van der Waals surface area contributed by atoms with E-state index in [0.29, 0.717) is 32.6 Å². The predicted molar refractivity (Wildman–Crippen MR) is 97.0 cm³/mol. The summed E-state index contributed by atoms with van der Waals surface area (Å²) in [6.45, 7) is 7.14. The third-order valence-electron chi connectivity index (χ3n) is 4.54. The Morgan fingerprint density at radius 2 is 1.81 bits per heavy atom. The third-order valence-corrected chi connectivity index (χ3v) is 4.54. The molecule has 1 aliphatic carbocycles. The molecule has 0 radical (unpaired) electrons. The highest BCUT2D eigenvalue weighted by Gasteiger charge is 2.42. The van der Waals surface area contributed by atoms with Gasteiger partial charge in [0.15, 0.2) is 12.0 Å². The fourth-order valence-corrected chi connectivity index (χ4v) is 3.26. The van der Waals surface area contributed by atoms with Crippen LogP contribution in [0.15, 0.2) is 6.20 Å². The average molecular weight is 382 g/mol. The maximum atomic E-state index is 12.7. The molecule has 1 saturated carbocycles. The minimum absolute atomic E-state index is 0.149. The Labute approximate surface area is 159 Å². The largest absolute Gasteiger partial charge is 0.464 e. The monoisotopic (exact) mass is 382 g/mol. The summed E-state index contributed by atoms with van der Waals surface area (Å²) in [6, 6.07) is 0. The van der Waals surface area contributed by atoms with Crippen molar-refractivity contribution < 1.29 is 23.8 Å². The molecule has 0 unspecified atom stereocenters. The molecule has 0 bridgehead atoms. The van der Waals surface area contributed by atoms with E-state index in [1.165, 1.54) is 10.9 Å². The molecule has 1 aromatic rings.